The lowest BCUT2D eigenvalue weighted by atomic mass is 10.6. The van der Waals surface area contributed by atoms with Gasteiger partial charge < -0.3 is 5.84 Å². The summed E-state index contributed by atoms with van der Waals surface area (Å²) in [5, 5.41) is 6.42. The molecule has 2 N–H and O–H groups in total. The first-order valence-corrected chi connectivity index (χ1v) is 4.86. The van der Waals surface area contributed by atoms with Crippen molar-refractivity contribution in [1.82, 2.24) is 14.9 Å². The quantitative estimate of drug-likeness (QED) is 0.627. The molecule has 4 nitrogen and oxygen atoms in total. The molecule has 0 aromatic carbocycles. The molecule has 1 aromatic rings. The van der Waals surface area contributed by atoms with Gasteiger partial charge in [0, 0.05) is 5.75 Å². The number of alkyl halides is 3. The van der Waals surface area contributed by atoms with E-state index in [1.54, 1.807) is 0 Å². The van der Waals surface area contributed by atoms with Crippen LogP contribution in [0.25, 0.3) is 0 Å². The highest BCUT2D eigenvalue weighted by molar-refractivity contribution is 7.99. The number of aromatic nitrogens is 3. The van der Waals surface area contributed by atoms with Gasteiger partial charge in [-0.3, -0.25) is 0 Å². The Balaban J connectivity index is 2.86. The topological polar surface area (TPSA) is 56.7 Å². The van der Waals surface area contributed by atoms with E-state index in [2.05, 4.69) is 10.2 Å². The molecule has 0 fully saturated rings. The van der Waals surface area contributed by atoms with Crippen molar-refractivity contribution < 1.29 is 13.2 Å². The van der Waals surface area contributed by atoms with Crippen molar-refractivity contribution >= 4 is 11.8 Å². The lowest BCUT2D eigenvalue weighted by Crippen LogP contribution is -2.21. The van der Waals surface area contributed by atoms with Crippen LogP contribution in [0.2, 0.25) is 0 Å². The van der Waals surface area contributed by atoms with Crippen molar-refractivity contribution in [3.8, 4) is 0 Å². The van der Waals surface area contributed by atoms with Gasteiger partial charge in [-0.1, -0.05) is 18.7 Å². The predicted octanol–water partition coefficient (Wildman–Crippen LogP) is 1.51. The van der Waals surface area contributed by atoms with Crippen LogP contribution < -0.4 is 5.84 Å². The summed E-state index contributed by atoms with van der Waals surface area (Å²) < 4.78 is 37.0. The Labute approximate surface area is 82.6 Å². The van der Waals surface area contributed by atoms with E-state index in [1.165, 1.54) is 0 Å². The molecule has 0 aliphatic heterocycles. The minimum atomic E-state index is -4.55. The van der Waals surface area contributed by atoms with Gasteiger partial charge in [0.25, 0.3) is 5.82 Å². The first-order valence-electron chi connectivity index (χ1n) is 3.87. The molecule has 0 amide bonds. The number of thioether (sulfide) groups is 1. The number of hydrogen-bond acceptors (Lipinski definition) is 4. The number of nitrogen functional groups attached to an aromatic ring is 1. The van der Waals surface area contributed by atoms with E-state index >= 15 is 0 Å². The Kier molecular flexibility index (Phi) is 3.25. The van der Waals surface area contributed by atoms with Crippen LogP contribution in [0.4, 0.5) is 13.2 Å². The minimum Gasteiger partial charge on any atom is -0.335 e. The molecule has 1 heterocycles. The van der Waals surface area contributed by atoms with Crippen molar-refractivity contribution in [2.24, 2.45) is 0 Å². The first kappa shape index (κ1) is 11.2. The Bertz CT molecular complexity index is 309. The number of nitrogens with zero attached hydrogens (tertiary/aromatic N) is 3. The minimum absolute atomic E-state index is 0.0826. The fraction of sp³-hybridized carbons (Fsp3) is 0.667. The molecule has 0 radical (unpaired) electrons. The Hall–Kier alpha value is -0.920. The van der Waals surface area contributed by atoms with Crippen LogP contribution in [0.1, 0.15) is 19.2 Å². The van der Waals surface area contributed by atoms with Crippen LogP contribution >= 0.6 is 11.8 Å². The highest BCUT2D eigenvalue weighted by atomic mass is 32.2. The molecule has 1 aromatic heterocycles. The number of hydrogen-bond donors (Lipinski definition) is 1. The van der Waals surface area contributed by atoms with Gasteiger partial charge in [-0.2, -0.15) is 13.2 Å². The van der Waals surface area contributed by atoms with Crippen LogP contribution in [0.3, 0.4) is 0 Å². The molecule has 0 aliphatic rings. The monoisotopic (exact) mass is 226 g/mol. The number of halogens is 3. The summed E-state index contributed by atoms with van der Waals surface area (Å²) in [7, 11) is 0. The Morgan fingerprint density at radius 3 is 2.50 bits per heavy atom. The van der Waals surface area contributed by atoms with Crippen LogP contribution in [0, 0.1) is 0 Å². The molecule has 14 heavy (non-hydrogen) atoms. The third-order valence-corrected chi connectivity index (χ3v) is 2.50. The van der Waals surface area contributed by atoms with Gasteiger partial charge in [-0.05, 0) is 6.42 Å². The van der Waals surface area contributed by atoms with Gasteiger partial charge in [0.15, 0.2) is 0 Å². The molecule has 0 saturated carbocycles. The lowest BCUT2D eigenvalue weighted by Gasteiger charge is -2.05. The average molecular weight is 226 g/mol. The van der Waals surface area contributed by atoms with E-state index in [9.17, 15) is 13.2 Å². The zero-order valence-electron chi connectivity index (χ0n) is 7.38. The van der Waals surface area contributed by atoms with E-state index in [1.807, 2.05) is 6.92 Å². The van der Waals surface area contributed by atoms with Crippen molar-refractivity contribution in [3.05, 3.63) is 5.82 Å². The maximum absolute atomic E-state index is 12.2. The normalized spacial score (nSPS) is 12.0. The van der Waals surface area contributed by atoms with Crippen LogP contribution in [-0.2, 0) is 6.18 Å². The highest BCUT2D eigenvalue weighted by Crippen LogP contribution is 2.28. The molecule has 80 valence electrons. The molecule has 0 bridgehead atoms. The fourth-order valence-corrected chi connectivity index (χ4v) is 1.47. The molecule has 0 unspecified atom stereocenters. The molecule has 0 saturated heterocycles. The third-order valence-electron chi connectivity index (χ3n) is 1.35. The molecule has 0 aliphatic carbocycles. The zero-order valence-corrected chi connectivity index (χ0v) is 8.19. The van der Waals surface area contributed by atoms with Crippen LogP contribution in [0.5, 0.6) is 0 Å². The van der Waals surface area contributed by atoms with Gasteiger partial charge in [0.2, 0.25) is 5.16 Å². The van der Waals surface area contributed by atoms with Gasteiger partial charge in [-0.15, -0.1) is 10.2 Å². The summed E-state index contributed by atoms with van der Waals surface area (Å²) in [6.45, 7) is 1.91. The van der Waals surface area contributed by atoms with E-state index in [4.69, 9.17) is 5.84 Å². The molecule has 8 heteroatoms. The largest absolute Gasteiger partial charge is 0.453 e. The molecule has 0 spiro atoms. The second-order valence-electron chi connectivity index (χ2n) is 2.52. The van der Waals surface area contributed by atoms with E-state index in [0.29, 0.717) is 10.4 Å². The van der Waals surface area contributed by atoms with Crippen LogP contribution in [-0.4, -0.2) is 20.6 Å². The summed E-state index contributed by atoms with van der Waals surface area (Å²) >= 11 is 1.15. The maximum Gasteiger partial charge on any atom is 0.453 e. The van der Waals surface area contributed by atoms with Gasteiger partial charge >= 0.3 is 6.18 Å². The van der Waals surface area contributed by atoms with Gasteiger partial charge in [0.05, 0.1) is 0 Å². The highest BCUT2D eigenvalue weighted by Gasteiger charge is 2.38. The SMILES string of the molecule is CCCSc1nnc(C(F)(F)F)n1N. The summed E-state index contributed by atoms with van der Waals surface area (Å²) in [6.07, 6.45) is -3.72. The average Bonchev–Trinajstić information content (AvgIpc) is 2.42. The second-order valence-corrected chi connectivity index (χ2v) is 3.58. The van der Waals surface area contributed by atoms with Crippen molar-refractivity contribution in [2.75, 3.05) is 11.6 Å². The Morgan fingerprint density at radius 1 is 1.43 bits per heavy atom. The predicted molar refractivity (Wildman–Crippen MR) is 46.2 cm³/mol. The summed E-state index contributed by atoms with van der Waals surface area (Å²) in [6, 6.07) is 0. The maximum atomic E-state index is 12.2. The summed E-state index contributed by atoms with van der Waals surface area (Å²) in [5.74, 6) is 4.67. The van der Waals surface area contributed by atoms with Crippen LogP contribution in [0.15, 0.2) is 5.16 Å². The van der Waals surface area contributed by atoms with Crippen molar-refractivity contribution in [2.45, 2.75) is 24.7 Å². The number of nitrogens with two attached hydrogens (primary N) is 1. The van der Waals surface area contributed by atoms with Crippen molar-refractivity contribution in [1.29, 1.82) is 0 Å². The lowest BCUT2D eigenvalue weighted by molar-refractivity contribution is -0.146. The number of rotatable bonds is 3. The summed E-state index contributed by atoms with van der Waals surface area (Å²) in [5.41, 5.74) is 0. The standard InChI is InChI=1S/C6H9F3N4S/c1-2-3-14-5-12-11-4(13(5)10)6(7,8)9/h2-3,10H2,1H3. The second kappa shape index (κ2) is 4.07. The fourth-order valence-electron chi connectivity index (χ4n) is 0.762. The van der Waals surface area contributed by atoms with Crippen molar-refractivity contribution in [3.63, 3.8) is 0 Å². The van der Waals surface area contributed by atoms with E-state index < -0.39 is 12.0 Å². The zero-order chi connectivity index (χ0) is 10.8. The molecular weight excluding hydrogens is 217 g/mol. The molecule has 0 atom stereocenters. The molecular formula is C6H9F3N4S. The van der Waals surface area contributed by atoms with E-state index in [-0.39, 0.29) is 5.16 Å². The Morgan fingerprint density at radius 2 is 2.07 bits per heavy atom. The van der Waals surface area contributed by atoms with E-state index in [0.717, 1.165) is 18.2 Å². The van der Waals surface area contributed by atoms with Gasteiger partial charge in [-0.25, -0.2) is 4.68 Å². The smallest absolute Gasteiger partial charge is 0.335 e. The van der Waals surface area contributed by atoms with Gasteiger partial charge in [0.1, 0.15) is 0 Å². The third kappa shape index (κ3) is 2.31. The molecule has 1 rings (SSSR count). The summed E-state index contributed by atoms with van der Waals surface area (Å²) in [4.78, 5) is 0. The first-order chi connectivity index (χ1) is 6.46.